The minimum atomic E-state index is -0.614. The van der Waals surface area contributed by atoms with Gasteiger partial charge in [-0.25, -0.2) is 9.48 Å². The molecule has 0 aliphatic heterocycles. The van der Waals surface area contributed by atoms with Crippen LogP contribution in [-0.4, -0.2) is 22.9 Å². The number of carbonyl (C=O) groups excluding carboxylic acids is 1. The molecule has 1 fully saturated rings. The average Bonchev–Trinajstić information content (AvgIpc) is 3.15. The van der Waals surface area contributed by atoms with Gasteiger partial charge >= 0.3 is 6.03 Å². The molecule has 2 amide bonds. The van der Waals surface area contributed by atoms with Gasteiger partial charge in [0.05, 0.1) is 11.4 Å². The molecule has 0 radical (unpaired) electrons. The van der Waals surface area contributed by atoms with E-state index < -0.39 is 6.03 Å². The number of rotatable bonds is 4. The molecule has 1 saturated carbocycles. The van der Waals surface area contributed by atoms with Gasteiger partial charge in [-0.05, 0) is 31.9 Å². The molecule has 1 aromatic carbocycles. The van der Waals surface area contributed by atoms with Gasteiger partial charge in [0, 0.05) is 13.2 Å². The second kappa shape index (κ2) is 4.89. The molecule has 3 N–H and O–H groups in total. The van der Waals surface area contributed by atoms with Gasteiger partial charge in [-0.1, -0.05) is 17.7 Å². The fraction of sp³-hybridized carbons (Fsp3) is 0.333. The number of anilines is 1. The van der Waals surface area contributed by atoms with E-state index in [0.29, 0.717) is 5.82 Å². The Bertz CT molecular complexity index is 671. The first-order valence-corrected chi connectivity index (χ1v) is 6.83. The number of ether oxygens (including phenoxy) is 1. The van der Waals surface area contributed by atoms with Gasteiger partial charge in [0.15, 0.2) is 0 Å². The first-order valence-electron chi connectivity index (χ1n) is 6.83. The van der Waals surface area contributed by atoms with Crippen LogP contribution in [0.3, 0.4) is 0 Å². The van der Waals surface area contributed by atoms with Crippen molar-refractivity contribution in [2.75, 3.05) is 12.4 Å². The van der Waals surface area contributed by atoms with Crippen molar-refractivity contribution in [3.63, 3.8) is 0 Å². The van der Waals surface area contributed by atoms with Crippen LogP contribution < -0.4 is 11.1 Å². The van der Waals surface area contributed by atoms with Crippen molar-refractivity contribution in [2.45, 2.75) is 25.4 Å². The summed E-state index contributed by atoms with van der Waals surface area (Å²) in [5, 5.41) is 7.20. The van der Waals surface area contributed by atoms with E-state index in [2.05, 4.69) is 10.4 Å². The van der Waals surface area contributed by atoms with Crippen LogP contribution in [0.4, 0.5) is 10.6 Å². The molecule has 2 aromatic rings. The van der Waals surface area contributed by atoms with Crippen LogP contribution in [0.25, 0.3) is 5.69 Å². The van der Waals surface area contributed by atoms with Crippen LogP contribution in [0, 0.1) is 6.92 Å². The first-order chi connectivity index (χ1) is 10.0. The standard InChI is InChI=1S/C15H18N4O2/c1-10-3-5-11(6-4-10)19-13(17-14(16)20)9-12(18-19)15(21-2)7-8-15/h3-6,9H,7-8H2,1-2H3,(H3,16,17,20). The lowest BCUT2D eigenvalue weighted by atomic mass is 10.2. The summed E-state index contributed by atoms with van der Waals surface area (Å²) in [7, 11) is 1.68. The number of nitrogens with one attached hydrogen (secondary N) is 1. The Morgan fingerprint density at radius 1 is 1.38 bits per heavy atom. The molecule has 1 aliphatic rings. The molecule has 1 heterocycles. The number of methoxy groups -OCH3 is 1. The predicted octanol–water partition coefficient (Wildman–Crippen LogP) is 2.31. The molecule has 0 unspecified atom stereocenters. The monoisotopic (exact) mass is 286 g/mol. The molecular formula is C15H18N4O2. The molecule has 21 heavy (non-hydrogen) atoms. The van der Waals surface area contributed by atoms with Crippen molar-refractivity contribution >= 4 is 11.8 Å². The van der Waals surface area contributed by atoms with E-state index in [1.54, 1.807) is 11.8 Å². The normalized spacial score (nSPS) is 15.7. The molecule has 0 atom stereocenters. The van der Waals surface area contributed by atoms with Crippen molar-refractivity contribution in [3.05, 3.63) is 41.6 Å². The maximum Gasteiger partial charge on any atom is 0.317 e. The lowest BCUT2D eigenvalue weighted by Crippen LogP contribution is -2.21. The zero-order valence-electron chi connectivity index (χ0n) is 12.1. The molecule has 0 saturated heterocycles. The summed E-state index contributed by atoms with van der Waals surface area (Å²) in [6, 6.07) is 9.09. The Labute approximate surface area is 122 Å². The third kappa shape index (κ3) is 2.50. The highest BCUT2D eigenvalue weighted by atomic mass is 16.5. The van der Waals surface area contributed by atoms with E-state index in [0.717, 1.165) is 29.8 Å². The van der Waals surface area contributed by atoms with Gasteiger partial charge < -0.3 is 10.5 Å². The lowest BCUT2D eigenvalue weighted by molar-refractivity contribution is 0.0748. The summed E-state index contributed by atoms with van der Waals surface area (Å²) in [5.41, 5.74) is 7.76. The molecular weight excluding hydrogens is 268 g/mol. The van der Waals surface area contributed by atoms with Gasteiger partial charge in [0.2, 0.25) is 0 Å². The number of carbonyl (C=O) groups is 1. The number of hydrogen-bond donors (Lipinski definition) is 2. The van der Waals surface area contributed by atoms with Crippen LogP contribution in [0.15, 0.2) is 30.3 Å². The van der Waals surface area contributed by atoms with Gasteiger partial charge in [-0.3, -0.25) is 5.32 Å². The summed E-state index contributed by atoms with van der Waals surface area (Å²) >= 11 is 0. The number of benzene rings is 1. The van der Waals surface area contributed by atoms with Gasteiger partial charge in [0.25, 0.3) is 0 Å². The van der Waals surface area contributed by atoms with Crippen molar-refractivity contribution in [3.8, 4) is 5.69 Å². The van der Waals surface area contributed by atoms with Crippen molar-refractivity contribution in [1.29, 1.82) is 0 Å². The Morgan fingerprint density at radius 3 is 2.57 bits per heavy atom. The third-order valence-electron chi connectivity index (χ3n) is 3.80. The smallest absolute Gasteiger partial charge is 0.317 e. The van der Waals surface area contributed by atoms with E-state index in [4.69, 9.17) is 10.5 Å². The largest absolute Gasteiger partial charge is 0.372 e. The van der Waals surface area contributed by atoms with Gasteiger partial charge in [-0.2, -0.15) is 5.10 Å². The number of urea groups is 1. The number of hydrogen-bond acceptors (Lipinski definition) is 3. The van der Waals surface area contributed by atoms with Gasteiger partial charge in [0.1, 0.15) is 11.4 Å². The minimum absolute atomic E-state index is 0.315. The predicted molar refractivity (Wildman–Crippen MR) is 79.4 cm³/mol. The van der Waals surface area contributed by atoms with E-state index >= 15 is 0 Å². The van der Waals surface area contributed by atoms with E-state index in [1.807, 2.05) is 37.3 Å². The Hall–Kier alpha value is -2.34. The molecule has 1 aliphatic carbocycles. The molecule has 0 bridgehead atoms. The zero-order chi connectivity index (χ0) is 15.0. The number of nitrogens with two attached hydrogens (primary N) is 1. The summed E-state index contributed by atoms with van der Waals surface area (Å²) in [6.45, 7) is 2.02. The summed E-state index contributed by atoms with van der Waals surface area (Å²) in [5.74, 6) is 0.546. The number of amides is 2. The number of aromatic nitrogens is 2. The van der Waals surface area contributed by atoms with Crippen LogP contribution in [0.5, 0.6) is 0 Å². The van der Waals surface area contributed by atoms with Crippen LogP contribution in [0.2, 0.25) is 0 Å². The minimum Gasteiger partial charge on any atom is -0.372 e. The molecule has 6 heteroatoms. The van der Waals surface area contributed by atoms with Gasteiger partial charge in [-0.15, -0.1) is 0 Å². The highest BCUT2D eigenvalue weighted by Crippen LogP contribution is 2.48. The van der Waals surface area contributed by atoms with E-state index in [9.17, 15) is 4.79 Å². The highest BCUT2D eigenvalue weighted by molar-refractivity contribution is 5.87. The topological polar surface area (TPSA) is 82.2 Å². The Balaban J connectivity index is 2.04. The molecule has 0 spiro atoms. The van der Waals surface area contributed by atoms with Crippen LogP contribution in [0.1, 0.15) is 24.1 Å². The summed E-state index contributed by atoms with van der Waals surface area (Å²) in [4.78, 5) is 11.2. The van der Waals surface area contributed by atoms with Crippen LogP contribution >= 0.6 is 0 Å². The van der Waals surface area contributed by atoms with Crippen molar-refractivity contribution < 1.29 is 9.53 Å². The Kier molecular flexibility index (Phi) is 3.17. The SMILES string of the molecule is COC1(c2cc(NC(N)=O)n(-c3ccc(C)cc3)n2)CC1. The number of nitrogens with zero attached hydrogens (tertiary/aromatic N) is 2. The van der Waals surface area contributed by atoms with Crippen LogP contribution in [-0.2, 0) is 10.3 Å². The molecule has 6 nitrogen and oxygen atoms in total. The second-order valence-corrected chi connectivity index (χ2v) is 5.35. The highest BCUT2D eigenvalue weighted by Gasteiger charge is 2.47. The lowest BCUT2D eigenvalue weighted by Gasteiger charge is -2.09. The second-order valence-electron chi connectivity index (χ2n) is 5.35. The molecule has 3 rings (SSSR count). The Morgan fingerprint density at radius 2 is 2.05 bits per heavy atom. The maximum absolute atomic E-state index is 11.2. The van der Waals surface area contributed by atoms with Crippen molar-refractivity contribution in [2.24, 2.45) is 5.73 Å². The third-order valence-corrected chi connectivity index (χ3v) is 3.80. The first kappa shape index (κ1) is 13.6. The van der Waals surface area contributed by atoms with E-state index in [-0.39, 0.29) is 5.60 Å². The summed E-state index contributed by atoms with van der Waals surface area (Å²) < 4.78 is 7.22. The number of aryl methyl sites for hydroxylation is 1. The quantitative estimate of drug-likeness (QED) is 0.904. The van der Waals surface area contributed by atoms with E-state index in [1.165, 1.54) is 0 Å². The fourth-order valence-corrected chi connectivity index (χ4v) is 2.38. The average molecular weight is 286 g/mol. The summed E-state index contributed by atoms with van der Waals surface area (Å²) in [6.07, 6.45) is 1.87. The fourth-order valence-electron chi connectivity index (χ4n) is 2.38. The molecule has 1 aromatic heterocycles. The maximum atomic E-state index is 11.2. The zero-order valence-corrected chi connectivity index (χ0v) is 12.1. The van der Waals surface area contributed by atoms with Crippen molar-refractivity contribution in [1.82, 2.24) is 9.78 Å². The number of primary amides is 1. The molecule has 110 valence electrons.